The van der Waals surface area contributed by atoms with Gasteiger partial charge in [-0.05, 0) is 18.2 Å². The molecule has 1 heterocycles. The van der Waals surface area contributed by atoms with Crippen LogP contribution in [0.4, 0.5) is 0 Å². The number of amides is 1. The van der Waals surface area contributed by atoms with Crippen molar-refractivity contribution < 1.29 is 14.3 Å². The third kappa shape index (κ3) is 2.82. The Kier molecular flexibility index (Phi) is 4.39. The van der Waals surface area contributed by atoms with Crippen molar-refractivity contribution in [3.63, 3.8) is 0 Å². The number of benzene rings is 1. The zero-order valence-corrected chi connectivity index (χ0v) is 11.3. The molecule has 1 aromatic heterocycles. The van der Waals surface area contributed by atoms with Crippen LogP contribution < -0.4 is 11.2 Å². The zero-order valence-electron chi connectivity index (χ0n) is 10.5. The first-order valence-electron chi connectivity index (χ1n) is 5.92. The van der Waals surface area contributed by atoms with E-state index in [1.54, 1.807) is 0 Å². The van der Waals surface area contributed by atoms with Crippen molar-refractivity contribution in [3.8, 4) is 0 Å². The average molecular weight is 297 g/mol. The van der Waals surface area contributed by atoms with Crippen molar-refractivity contribution in [3.05, 3.63) is 45.8 Å². The van der Waals surface area contributed by atoms with E-state index < -0.39 is 5.91 Å². The fourth-order valence-corrected chi connectivity index (χ4v) is 1.94. The molecule has 7 heteroatoms. The number of carbonyl (C=O) groups excluding carboxylic acids is 1. The fourth-order valence-electron chi connectivity index (χ4n) is 1.77. The van der Waals surface area contributed by atoms with Gasteiger partial charge in [-0.1, -0.05) is 0 Å². The molecule has 0 unspecified atom stereocenters. The standard InChI is InChI=1S/C13H13ClN2O4/c14-16(3-4-17)13(19)8-1-2-12-10(5-8)11(18)6-9(7-15)20-12/h1-2,5-6,17H,3-4,7,15H2. The second-order valence-electron chi connectivity index (χ2n) is 4.11. The molecular formula is C13H13ClN2O4. The summed E-state index contributed by atoms with van der Waals surface area (Å²) < 4.78 is 6.27. The number of hydrogen-bond donors (Lipinski definition) is 2. The first-order valence-corrected chi connectivity index (χ1v) is 6.26. The van der Waals surface area contributed by atoms with Crippen molar-refractivity contribution in [2.75, 3.05) is 13.2 Å². The number of nitrogens with zero attached hydrogens (tertiary/aromatic N) is 1. The summed E-state index contributed by atoms with van der Waals surface area (Å²) in [5.74, 6) is -0.120. The third-order valence-corrected chi connectivity index (χ3v) is 3.07. The second kappa shape index (κ2) is 6.04. The highest BCUT2D eigenvalue weighted by atomic mass is 35.5. The van der Waals surface area contributed by atoms with Crippen molar-refractivity contribution in [1.29, 1.82) is 0 Å². The summed E-state index contributed by atoms with van der Waals surface area (Å²) in [6.45, 7) is -0.123. The molecule has 1 aromatic carbocycles. The van der Waals surface area contributed by atoms with E-state index >= 15 is 0 Å². The summed E-state index contributed by atoms with van der Waals surface area (Å²) in [6, 6.07) is 5.73. The fraction of sp³-hybridized carbons (Fsp3) is 0.231. The van der Waals surface area contributed by atoms with Gasteiger partial charge in [0.2, 0.25) is 0 Å². The molecule has 0 saturated carbocycles. The van der Waals surface area contributed by atoms with E-state index in [0.717, 1.165) is 4.42 Å². The lowest BCUT2D eigenvalue weighted by Gasteiger charge is -2.12. The van der Waals surface area contributed by atoms with Gasteiger partial charge >= 0.3 is 0 Å². The average Bonchev–Trinajstić information content (AvgIpc) is 2.46. The molecule has 0 fully saturated rings. The monoisotopic (exact) mass is 296 g/mol. The van der Waals surface area contributed by atoms with E-state index in [9.17, 15) is 9.59 Å². The van der Waals surface area contributed by atoms with E-state index in [4.69, 9.17) is 27.0 Å². The van der Waals surface area contributed by atoms with Crippen molar-refractivity contribution in [2.24, 2.45) is 5.73 Å². The molecule has 0 aliphatic heterocycles. The number of fused-ring (bicyclic) bond motifs is 1. The number of nitrogens with two attached hydrogens (primary N) is 1. The maximum Gasteiger partial charge on any atom is 0.268 e. The Balaban J connectivity index is 2.46. The van der Waals surface area contributed by atoms with Crippen LogP contribution in [0.2, 0.25) is 0 Å². The van der Waals surface area contributed by atoms with Gasteiger partial charge in [-0.15, -0.1) is 0 Å². The topological polar surface area (TPSA) is 96.8 Å². The lowest BCUT2D eigenvalue weighted by molar-refractivity contribution is 0.0844. The quantitative estimate of drug-likeness (QED) is 0.815. The van der Waals surface area contributed by atoms with Crippen LogP contribution in [0.1, 0.15) is 16.1 Å². The minimum Gasteiger partial charge on any atom is -0.459 e. The van der Waals surface area contributed by atoms with Crippen LogP contribution in [0.5, 0.6) is 0 Å². The molecular weight excluding hydrogens is 284 g/mol. The normalized spacial score (nSPS) is 10.8. The summed E-state index contributed by atoms with van der Waals surface area (Å²) in [5, 5.41) is 9.03. The van der Waals surface area contributed by atoms with Crippen molar-refractivity contribution >= 4 is 28.7 Å². The maximum atomic E-state index is 11.9. The first-order chi connectivity index (χ1) is 9.56. The Labute approximate surface area is 119 Å². The molecule has 0 bridgehead atoms. The number of halogens is 1. The smallest absolute Gasteiger partial charge is 0.268 e. The molecule has 0 aliphatic carbocycles. The summed E-state index contributed by atoms with van der Waals surface area (Å²) in [6.07, 6.45) is 0. The van der Waals surface area contributed by atoms with E-state index in [-0.39, 0.29) is 36.1 Å². The van der Waals surface area contributed by atoms with Gasteiger partial charge in [0.15, 0.2) is 5.43 Å². The van der Waals surface area contributed by atoms with Crippen LogP contribution in [-0.2, 0) is 6.54 Å². The lowest BCUT2D eigenvalue weighted by atomic mass is 10.1. The molecule has 1 amide bonds. The summed E-state index contributed by atoms with van der Waals surface area (Å²) >= 11 is 5.71. The molecule has 6 nitrogen and oxygen atoms in total. The second-order valence-corrected chi connectivity index (χ2v) is 4.51. The van der Waals surface area contributed by atoms with E-state index in [0.29, 0.717) is 11.3 Å². The Morgan fingerprint density at radius 1 is 1.40 bits per heavy atom. The number of carbonyl (C=O) groups is 1. The molecule has 0 aliphatic rings. The highest BCUT2D eigenvalue weighted by Gasteiger charge is 2.15. The molecule has 0 radical (unpaired) electrons. The first kappa shape index (κ1) is 14.5. The van der Waals surface area contributed by atoms with Crippen molar-refractivity contribution in [2.45, 2.75) is 6.54 Å². The van der Waals surface area contributed by atoms with Gasteiger partial charge in [-0.3, -0.25) is 9.59 Å². The number of hydrogen-bond acceptors (Lipinski definition) is 5. The van der Waals surface area contributed by atoms with Gasteiger partial charge in [-0.2, -0.15) is 0 Å². The largest absolute Gasteiger partial charge is 0.459 e. The van der Waals surface area contributed by atoms with Crippen molar-refractivity contribution in [1.82, 2.24) is 4.42 Å². The molecule has 20 heavy (non-hydrogen) atoms. The van der Waals surface area contributed by atoms with E-state index in [1.807, 2.05) is 0 Å². The molecule has 0 atom stereocenters. The van der Waals surface area contributed by atoms with Crippen LogP contribution in [0.15, 0.2) is 33.5 Å². The van der Waals surface area contributed by atoms with Gasteiger partial charge in [0, 0.05) is 23.4 Å². The van der Waals surface area contributed by atoms with Gasteiger partial charge in [0.25, 0.3) is 5.91 Å². The van der Waals surface area contributed by atoms with Crippen LogP contribution in [0.25, 0.3) is 11.0 Å². The Hall–Kier alpha value is -1.89. The lowest BCUT2D eigenvalue weighted by Crippen LogP contribution is -2.24. The number of aliphatic hydroxyl groups is 1. The summed E-state index contributed by atoms with van der Waals surface area (Å²) in [4.78, 5) is 23.9. The van der Waals surface area contributed by atoms with Crippen LogP contribution in [0, 0.1) is 0 Å². The Bertz CT molecular complexity index is 698. The number of aliphatic hydroxyl groups excluding tert-OH is 1. The summed E-state index contributed by atoms with van der Waals surface area (Å²) in [7, 11) is 0. The molecule has 0 spiro atoms. The molecule has 2 aromatic rings. The molecule has 3 N–H and O–H groups in total. The molecule has 106 valence electrons. The van der Waals surface area contributed by atoms with Gasteiger partial charge in [0.05, 0.1) is 25.1 Å². The van der Waals surface area contributed by atoms with E-state index in [1.165, 1.54) is 24.3 Å². The number of rotatable bonds is 4. The van der Waals surface area contributed by atoms with Gasteiger partial charge in [-0.25, -0.2) is 4.42 Å². The highest BCUT2D eigenvalue weighted by molar-refractivity contribution is 6.24. The SMILES string of the molecule is NCc1cc(=O)c2cc(C(=O)N(Cl)CCO)ccc2o1. The van der Waals surface area contributed by atoms with Gasteiger partial charge in [0.1, 0.15) is 11.3 Å². The third-order valence-electron chi connectivity index (χ3n) is 2.74. The molecule has 0 saturated heterocycles. The minimum absolute atomic E-state index is 0.000849. The Morgan fingerprint density at radius 3 is 2.80 bits per heavy atom. The van der Waals surface area contributed by atoms with Crippen LogP contribution in [-0.4, -0.2) is 28.6 Å². The maximum absolute atomic E-state index is 11.9. The Morgan fingerprint density at radius 2 is 2.15 bits per heavy atom. The van der Waals surface area contributed by atoms with Crippen LogP contribution in [0.3, 0.4) is 0 Å². The van der Waals surface area contributed by atoms with Gasteiger partial charge < -0.3 is 15.3 Å². The minimum atomic E-state index is -0.495. The van der Waals surface area contributed by atoms with E-state index in [2.05, 4.69) is 0 Å². The summed E-state index contributed by atoms with van der Waals surface area (Å²) in [5.41, 5.74) is 5.76. The predicted octanol–water partition coefficient (Wildman–Crippen LogP) is 0.840. The predicted molar refractivity (Wildman–Crippen MR) is 74.4 cm³/mol. The van der Waals surface area contributed by atoms with Crippen LogP contribution >= 0.6 is 11.8 Å². The zero-order chi connectivity index (χ0) is 14.7. The molecule has 2 rings (SSSR count). The highest BCUT2D eigenvalue weighted by Crippen LogP contribution is 2.16.